The quantitative estimate of drug-likeness (QED) is 0.745. The Labute approximate surface area is 78.9 Å². The number of hydrogen-bond donors (Lipinski definition) is 2. The first kappa shape index (κ1) is 10.2. The van der Waals surface area contributed by atoms with E-state index < -0.39 is 0 Å². The van der Waals surface area contributed by atoms with Gasteiger partial charge in [-0.2, -0.15) is 5.10 Å². The van der Waals surface area contributed by atoms with E-state index in [9.17, 15) is 0 Å². The van der Waals surface area contributed by atoms with E-state index in [1.54, 1.807) is 0 Å². The highest BCUT2D eigenvalue weighted by Gasteiger charge is 2.12. The molecule has 0 aliphatic carbocycles. The Morgan fingerprint density at radius 1 is 1.38 bits per heavy atom. The number of nitrogens with one attached hydrogen (secondary N) is 1. The number of H-pyrrole nitrogens is 1. The molecule has 3 N–H and O–H groups in total. The van der Waals surface area contributed by atoms with Crippen molar-refractivity contribution < 1.29 is 0 Å². The van der Waals surface area contributed by atoms with Crippen molar-refractivity contribution in [1.82, 2.24) is 15.2 Å². The number of aromatic nitrogens is 3. The van der Waals surface area contributed by atoms with Crippen LogP contribution in [0.4, 0.5) is 0 Å². The maximum atomic E-state index is 5.82. The summed E-state index contributed by atoms with van der Waals surface area (Å²) in [5, 5.41) is 7.03. The Bertz CT molecular complexity index is 231. The van der Waals surface area contributed by atoms with Gasteiger partial charge in [-0.15, -0.1) is 0 Å². The second-order valence-corrected chi connectivity index (χ2v) is 3.40. The van der Waals surface area contributed by atoms with Gasteiger partial charge in [-0.05, 0) is 12.8 Å². The van der Waals surface area contributed by atoms with Gasteiger partial charge in [0.05, 0.1) is 6.04 Å². The molecule has 4 nitrogen and oxygen atoms in total. The van der Waals surface area contributed by atoms with E-state index in [4.69, 9.17) is 5.73 Å². The second kappa shape index (κ2) is 4.37. The third-order valence-electron chi connectivity index (χ3n) is 2.36. The first-order chi connectivity index (χ1) is 6.19. The summed E-state index contributed by atoms with van der Waals surface area (Å²) in [4.78, 5) is 4.36. The van der Waals surface area contributed by atoms with Crippen molar-refractivity contribution in [2.75, 3.05) is 0 Å². The van der Waals surface area contributed by atoms with Crippen LogP contribution in [0.3, 0.4) is 0 Å². The second-order valence-electron chi connectivity index (χ2n) is 3.40. The Morgan fingerprint density at radius 3 is 2.62 bits per heavy atom. The van der Waals surface area contributed by atoms with Crippen molar-refractivity contribution in [2.45, 2.75) is 45.6 Å². The molecule has 0 saturated carbocycles. The normalized spacial score (nSPS) is 15.7. The molecule has 1 rings (SSSR count). The maximum Gasteiger partial charge on any atom is 0.153 e. The average molecular weight is 182 g/mol. The molecular weight excluding hydrogens is 164 g/mol. The molecule has 0 spiro atoms. The van der Waals surface area contributed by atoms with E-state index in [1.807, 2.05) is 6.92 Å². The number of aromatic amines is 1. The van der Waals surface area contributed by atoms with Gasteiger partial charge in [0.15, 0.2) is 5.82 Å². The van der Waals surface area contributed by atoms with Crippen LogP contribution in [0, 0.1) is 0 Å². The summed E-state index contributed by atoms with van der Waals surface area (Å²) in [6.45, 7) is 6.28. The molecule has 4 heteroatoms. The van der Waals surface area contributed by atoms with E-state index in [0.29, 0.717) is 5.92 Å². The molecule has 0 aliphatic rings. The van der Waals surface area contributed by atoms with Crippen molar-refractivity contribution in [3.63, 3.8) is 0 Å². The summed E-state index contributed by atoms with van der Waals surface area (Å²) in [6.07, 6.45) is 1.94. The van der Waals surface area contributed by atoms with Crippen LogP contribution >= 0.6 is 0 Å². The monoisotopic (exact) mass is 182 g/mol. The van der Waals surface area contributed by atoms with E-state index in [0.717, 1.165) is 24.5 Å². The summed E-state index contributed by atoms with van der Waals surface area (Å²) in [5.74, 6) is 2.09. The van der Waals surface area contributed by atoms with Gasteiger partial charge in [0, 0.05) is 5.92 Å². The lowest BCUT2D eigenvalue weighted by molar-refractivity contribution is 0.647. The number of rotatable bonds is 4. The average Bonchev–Trinajstić information content (AvgIpc) is 2.64. The summed E-state index contributed by atoms with van der Waals surface area (Å²) in [6, 6.07) is -0.00898. The molecule has 2 unspecified atom stereocenters. The number of hydrogen-bond acceptors (Lipinski definition) is 3. The molecule has 1 heterocycles. The molecule has 0 aromatic carbocycles. The van der Waals surface area contributed by atoms with Crippen LogP contribution in [0.2, 0.25) is 0 Å². The summed E-state index contributed by atoms with van der Waals surface area (Å²) in [5.41, 5.74) is 5.82. The molecule has 1 aromatic heterocycles. The Balaban J connectivity index is 2.74. The van der Waals surface area contributed by atoms with Gasteiger partial charge in [0.2, 0.25) is 0 Å². The molecule has 0 aliphatic heterocycles. The fourth-order valence-electron chi connectivity index (χ4n) is 1.05. The van der Waals surface area contributed by atoms with Gasteiger partial charge >= 0.3 is 0 Å². The van der Waals surface area contributed by atoms with Crippen molar-refractivity contribution in [3.8, 4) is 0 Å². The first-order valence-electron chi connectivity index (χ1n) is 4.86. The van der Waals surface area contributed by atoms with Crippen molar-refractivity contribution in [2.24, 2.45) is 5.73 Å². The minimum Gasteiger partial charge on any atom is -0.321 e. The Hall–Kier alpha value is -0.900. The number of nitrogens with two attached hydrogens (primary N) is 1. The zero-order valence-electron chi connectivity index (χ0n) is 8.54. The smallest absolute Gasteiger partial charge is 0.153 e. The Morgan fingerprint density at radius 2 is 2.08 bits per heavy atom. The van der Waals surface area contributed by atoms with Crippen LogP contribution in [-0.4, -0.2) is 15.2 Å². The summed E-state index contributed by atoms with van der Waals surface area (Å²) >= 11 is 0. The van der Waals surface area contributed by atoms with Crippen LogP contribution in [0.15, 0.2) is 0 Å². The third-order valence-corrected chi connectivity index (χ3v) is 2.36. The highest BCUT2D eigenvalue weighted by Crippen LogP contribution is 2.16. The molecule has 13 heavy (non-hydrogen) atoms. The highest BCUT2D eigenvalue weighted by atomic mass is 15.2. The standard InChI is InChI=1S/C9H18N4/c1-4-6(3)8-11-9(13-12-8)7(10)5-2/h6-7H,4-5,10H2,1-3H3,(H,11,12,13). The van der Waals surface area contributed by atoms with Crippen molar-refractivity contribution >= 4 is 0 Å². The molecule has 1 aromatic rings. The summed E-state index contributed by atoms with van der Waals surface area (Å²) in [7, 11) is 0. The van der Waals surface area contributed by atoms with Gasteiger partial charge in [0.1, 0.15) is 5.82 Å². The molecule has 0 saturated heterocycles. The molecule has 0 fully saturated rings. The lowest BCUT2D eigenvalue weighted by Crippen LogP contribution is -2.10. The summed E-state index contributed by atoms with van der Waals surface area (Å²) < 4.78 is 0. The molecule has 0 radical (unpaired) electrons. The van der Waals surface area contributed by atoms with Crippen LogP contribution in [-0.2, 0) is 0 Å². The fourth-order valence-corrected chi connectivity index (χ4v) is 1.05. The van der Waals surface area contributed by atoms with Gasteiger partial charge in [0.25, 0.3) is 0 Å². The molecule has 74 valence electrons. The predicted octanol–water partition coefficient (Wildman–Crippen LogP) is 1.73. The SMILES string of the molecule is CCC(C)c1n[nH]c(C(N)CC)n1. The zero-order valence-corrected chi connectivity index (χ0v) is 8.54. The van der Waals surface area contributed by atoms with Gasteiger partial charge in [-0.25, -0.2) is 4.98 Å². The van der Waals surface area contributed by atoms with Crippen LogP contribution < -0.4 is 5.73 Å². The molecular formula is C9H18N4. The fraction of sp³-hybridized carbons (Fsp3) is 0.778. The van der Waals surface area contributed by atoms with E-state index in [-0.39, 0.29) is 6.04 Å². The predicted molar refractivity (Wildman–Crippen MR) is 52.3 cm³/mol. The van der Waals surface area contributed by atoms with E-state index >= 15 is 0 Å². The van der Waals surface area contributed by atoms with Crippen LogP contribution in [0.25, 0.3) is 0 Å². The van der Waals surface area contributed by atoms with Crippen LogP contribution in [0.5, 0.6) is 0 Å². The topological polar surface area (TPSA) is 67.6 Å². The minimum atomic E-state index is -0.00898. The van der Waals surface area contributed by atoms with E-state index in [1.165, 1.54) is 0 Å². The van der Waals surface area contributed by atoms with Gasteiger partial charge < -0.3 is 5.73 Å². The number of nitrogens with zero attached hydrogens (tertiary/aromatic N) is 2. The van der Waals surface area contributed by atoms with Crippen LogP contribution in [0.1, 0.15) is 57.2 Å². The molecule has 0 amide bonds. The molecule has 2 atom stereocenters. The minimum absolute atomic E-state index is 0.00898. The Kier molecular flexibility index (Phi) is 3.42. The maximum absolute atomic E-state index is 5.82. The molecule has 0 bridgehead atoms. The van der Waals surface area contributed by atoms with Crippen molar-refractivity contribution in [3.05, 3.63) is 11.6 Å². The first-order valence-corrected chi connectivity index (χ1v) is 4.86. The third kappa shape index (κ3) is 2.28. The van der Waals surface area contributed by atoms with Gasteiger partial charge in [-0.3, -0.25) is 5.10 Å². The lowest BCUT2D eigenvalue weighted by Gasteiger charge is -2.03. The zero-order chi connectivity index (χ0) is 9.84. The largest absolute Gasteiger partial charge is 0.321 e. The van der Waals surface area contributed by atoms with Crippen molar-refractivity contribution in [1.29, 1.82) is 0 Å². The highest BCUT2D eigenvalue weighted by molar-refractivity contribution is 4.99. The van der Waals surface area contributed by atoms with Gasteiger partial charge in [-0.1, -0.05) is 20.8 Å². The van der Waals surface area contributed by atoms with E-state index in [2.05, 4.69) is 29.0 Å². The lowest BCUT2D eigenvalue weighted by atomic mass is 10.1.